The first-order valence-corrected chi connectivity index (χ1v) is 10.4. The number of rotatable bonds is 12. The lowest BCUT2D eigenvalue weighted by Crippen LogP contribution is -2.38. The van der Waals surface area contributed by atoms with Crippen LogP contribution in [-0.4, -0.2) is 49.7 Å². The van der Waals surface area contributed by atoms with Crippen molar-refractivity contribution < 1.29 is 14.2 Å². The van der Waals surface area contributed by atoms with E-state index >= 15 is 0 Å². The average Bonchev–Trinajstić information content (AvgIpc) is 3.09. The number of nitrogens with zero attached hydrogens (tertiary/aromatic N) is 3. The summed E-state index contributed by atoms with van der Waals surface area (Å²) in [6.45, 7) is 7.48. The molecular weight excluding hydrogens is 509 g/mol. The van der Waals surface area contributed by atoms with E-state index in [9.17, 15) is 0 Å². The molecule has 0 aliphatic rings. The van der Waals surface area contributed by atoms with Gasteiger partial charge >= 0.3 is 0 Å². The van der Waals surface area contributed by atoms with Crippen molar-refractivity contribution in [3.8, 4) is 11.6 Å². The van der Waals surface area contributed by atoms with Crippen LogP contribution < -0.4 is 20.1 Å². The number of benzene rings is 1. The Balaban J connectivity index is 0.00000480. The van der Waals surface area contributed by atoms with Crippen molar-refractivity contribution in [1.82, 2.24) is 20.4 Å². The van der Waals surface area contributed by atoms with Gasteiger partial charge < -0.3 is 24.8 Å². The number of aliphatic imine (C=N–C) groups is 1. The number of ether oxygens (including phenoxy) is 3. The zero-order valence-corrected chi connectivity index (χ0v) is 21.6. The molecule has 0 aliphatic carbocycles. The summed E-state index contributed by atoms with van der Waals surface area (Å²) in [6.07, 6.45) is 1.75. The molecule has 1 aromatic carbocycles. The van der Waals surface area contributed by atoms with Gasteiger partial charge in [-0.1, -0.05) is 19.1 Å². The summed E-state index contributed by atoms with van der Waals surface area (Å²) in [7, 11) is 5.23. The monoisotopic (exact) mass is 545 g/mol. The quantitative estimate of drug-likeness (QED) is 0.185. The zero-order valence-electron chi connectivity index (χ0n) is 19.2. The second kappa shape index (κ2) is 14.9. The number of nitrogens with one attached hydrogen (secondary N) is 2. The Morgan fingerprint density at radius 3 is 2.45 bits per heavy atom. The van der Waals surface area contributed by atoms with Crippen molar-refractivity contribution >= 4 is 29.9 Å². The number of guanidine groups is 1. The fourth-order valence-electron chi connectivity index (χ4n) is 3.10. The van der Waals surface area contributed by atoms with Crippen LogP contribution >= 0.6 is 24.0 Å². The molecule has 31 heavy (non-hydrogen) atoms. The lowest BCUT2D eigenvalue weighted by atomic mass is 10.2. The molecule has 8 nitrogen and oxygen atoms in total. The molecule has 0 unspecified atom stereocenters. The van der Waals surface area contributed by atoms with Crippen LogP contribution in [0, 0.1) is 0 Å². The predicted octanol–water partition coefficient (Wildman–Crippen LogP) is 3.28. The summed E-state index contributed by atoms with van der Waals surface area (Å²) >= 11 is 0. The molecule has 2 aromatic rings. The molecule has 0 spiro atoms. The molecule has 9 heteroatoms. The van der Waals surface area contributed by atoms with Gasteiger partial charge in [0.2, 0.25) is 5.88 Å². The smallest absolute Gasteiger partial charge is 0.216 e. The summed E-state index contributed by atoms with van der Waals surface area (Å²) in [5.41, 5.74) is 3.18. The van der Waals surface area contributed by atoms with Gasteiger partial charge in [-0.2, -0.15) is 5.10 Å². The topological polar surface area (TPSA) is 81.9 Å². The van der Waals surface area contributed by atoms with Crippen molar-refractivity contribution in [2.45, 2.75) is 39.8 Å². The molecule has 0 aliphatic heterocycles. The maximum atomic E-state index is 5.54. The zero-order chi connectivity index (χ0) is 21.8. The minimum Gasteiger partial charge on any atom is -0.497 e. The van der Waals surface area contributed by atoms with Crippen molar-refractivity contribution in [3.63, 3.8) is 0 Å². The third kappa shape index (κ3) is 8.56. The Morgan fingerprint density at radius 2 is 1.84 bits per heavy atom. The number of aromatic nitrogens is 2. The van der Waals surface area contributed by atoms with Crippen LogP contribution in [0.25, 0.3) is 0 Å². The Morgan fingerprint density at radius 1 is 1.10 bits per heavy atom. The number of hydrogen-bond acceptors (Lipinski definition) is 5. The van der Waals surface area contributed by atoms with E-state index in [0.29, 0.717) is 13.1 Å². The number of hydrogen-bond donors (Lipinski definition) is 2. The van der Waals surface area contributed by atoms with Crippen molar-refractivity contribution in [2.24, 2.45) is 12.0 Å². The van der Waals surface area contributed by atoms with E-state index in [4.69, 9.17) is 19.2 Å². The first-order valence-electron chi connectivity index (χ1n) is 10.4. The molecule has 0 amide bonds. The maximum absolute atomic E-state index is 5.54. The molecule has 2 rings (SSSR count). The first kappa shape index (κ1) is 27.0. The highest BCUT2D eigenvalue weighted by Gasteiger charge is 2.16. The Bertz CT molecular complexity index is 793. The van der Waals surface area contributed by atoms with Crippen LogP contribution in [0.1, 0.15) is 37.1 Å². The first-order chi connectivity index (χ1) is 14.6. The lowest BCUT2D eigenvalue weighted by Gasteiger charge is -2.14. The van der Waals surface area contributed by atoms with E-state index in [1.165, 1.54) is 0 Å². The second-order valence-corrected chi connectivity index (χ2v) is 6.76. The van der Waals surface area contributed by atoms with Gasteiger partial charge in [0.15, 0.2) is 5.96 Å². The van der Waals surface area contributed by atoms with Gasteiger partial charge in [0, 0.05) is 26.8 Å². The van der Waals surface area contributed by atoms with Crippen molar-refractivity contribution in [3.05, 3.63) is 41.1 Å². The summed E-state index contributed by atoms with van der Waals surface area (Å²) in [6, 6.07) is 7.94. The van der Waals surface area contributed by atoms with E-state index in [0.717, 1.165) is 67.0 Å². The Labute approximate surface area is 202 Å². The van der Waals surface area contributed by atoms with Crippen LogP contribution in [0.15, 0.2) is 29.3 Å². The SMILES string of the molecule is CCOCCCNC(=NCc1ccc(OC)cc1)NCc1c(CC)nn(C)c1OC.I. The average molecular weight is 545 g/mol. The molecule has 0 fully saturated rings. The largest absolute Gasteiger partial charge is 0.497 e. The van der Waals surface area contributed by atoms with Crippen LogP contribution in [-0.2, 0) is 31.3 Å². The molecule has 0 saturated carbocycles. The van der Waals surface area contributed by atoms with Gasteiger partial charge in [-0.05, 0) is 37.5 Å². The van der Waals surface area contributed by atoms with Gasteiger partial charge in [-0.25, -0.2) is 9.67 Å². The van der Waals surface area contributed by atoms with Gasteiger partial charge in [0.1, 0.15) is 5.75 Å². The normalized spacial score (nSPS) is 11.1. The van der Waals surface area contributed by atoms with Gasteiger partial charge in [-0.15, -0.1) is 24.0 Å². The standard InChI is InChI=1S/C22H35N5O3.HI/c1-6-20-19(21(29-5)27(3)26-20)16-25-22(23-13-8-14-30-7-2)24-15-17-9-11-18(28-4)12-10-17;/h9-12H,6-8,13-16H2,1-5H3,(H2,23,24,25);1H. The highest BCUT2D eigenvalue weighted by molar-refractivity contribution is 14.0. The molecular formula is C22H36IN5O3. The lowest BCUT2D eigenvalue weighted by molar-refractivity contribution is 0.145. The van der Waals surface area contributed by atoms with Crippen LogP contribution in [0.5, 0.6) is 11.6 Å². The summed E-state index contributed by atoms with van der Waals surface area (Å²) in [5, 5.41) is 11.4. The van der Waals surface area contributed by atoms with E-state index in [1.54, 1.807) is 18.9 Å². The highest BCUT2D eigenvalue weighted by Crippen LogP contribution is 2.21. The van der Waals surface area contributed by atoms with E-state index < -0.39 is 0 Å². The molecule has 1 heterocycles. The van der Waals surface area contributed by atoms with Crippen molar-refractivity contribution in [2.75, 3.05) is 34.0 Å². The molecule has 0 atom stereocenters. The van der Waals surface area contributed by atoms with E-state index in [1.807, 2.05) is 38.2 Å². The second-order valence-electron chi connectivity index (χ2n) is 6.76. The van der Waals surface area contributed by atoms with Crippen LogP contribution in [0.2, 0.25) is 0 Å². The molecule has 0 saturated heterocycles. The van der Waals surface area contributed by atoms with E-state index in [2.05, 4.69) is 22.7 Å². The van der Waals surface area contributed by atoms with E-state index in [-0.39, 0.29) is 24.0 Å². The maximum Gasteiger partial charge on any atom is 0.216 e. The minimum absolute atomic E-state index is 0. The number of halogens is 1. The Kier molecular flexibility index (Phi) is 13.0. The molecule has 0 radical (unpaired) electrons. The number of methoxy groups -OCH3 is 2. The summed E-state index contributed by atoms with van der Waals surface area (Å²) in [5.74, 6) is 2.35. The summed E-state index contributed by atoms with van der Waals surface area (Å²) < 4.78 is 18.0. The van der Waals surface area contributed by atoms with Crippen molar-refractivity contribution in [1.29, 1.82) is 0 Å². The van der Waals surface area contributed by atoms with Gasteiger partial charge in [-0.3, -0.25) is 0 Å². The highest BCUT2D eigenvalue weighted by atomic mass is 127. The molecule has 1 aromatic heterocycles. The fourth-order valence-corrected chi connectivity index (χ4v) is 3.10. The number of aryl methyl sites for hydroxylation is 2. The van der Waals surface area contributed by atoms with Crippen LogP contribution in [0.3, 0.4) is 0 Å². The minimum atomic E-state index is 0. The third-order valence-corrected chi connectivity index (χ3v) is 4.67. The van der Waals surface area contributed by atoms with Gasteiger partial charge in [0.25, 0.3) is 0 Å². The Hall–Kier alpha value is -2.01. The third-order valence-electron chi connectivity index (χ3n) is 4.67. The fraction of sp³-hybridized carbons (Fsp3) is 0.545. The molecule has 0 bridgehead atoms. The predicted molar refractivity (Wildman–Crippen MR) is 135 cm³/mol. The van der Waals surface area contributed by atoms with Gasteiger partial charge in [0.05, 0.1) is 38.6 Å². The van der Waals surface area contributed by atoms with Crippen LogP contribution in [0.4, 0.5) is 0 Å². The molecule has 174 valence electrons. The molecule has 2 N–H and O–H groups in total. The summed E-state index contributed by atoms with van der Waals surface area (Å²) in [4.78, 5) is 4.74.